The van der Waals surface area contributed by atoms with E-state index in [0.29, 0.717) is 49.1 Å². The van der Waals surface area contributed by atoms with Crippen molar-refractivity contribution in [3.05, 3.63) is 59.7 Å². The zero-order chi connectivity index (χ0) is 36.2. The molecule has 4 saturated heterocycles. The van der Waals surface area contributed by atoms with Crippen LogP contribution in [0.5, 0.6) is 11.5 Å². The average molecular weight is 727 g/mol. The minimum absolute atomic E-state index is 0.153. The van der Waals surface area contributed by atoms with Crippen LogP contribution in [-0.2, 0) is 37.9 Å². The van der Waals surface area contributed by atoms with Crippen molar-refractivity contribution in [1.29, 1.82) is 0 Å². The number of benzene rings is 2. The van der Waals surface area contributed by atoms with E-state index in [1.807, 2.05) is 0 Å². The minimum atomic E-state index is -0.614. The van der Waals surface area contributed by atoms with Crippen LogP contribution in [0.15, 0.2) is 48.5 Å². The van der Waals surface area contributed by atoms with Crippen molar-refractivity contribution in [1.82, 2.24) is 0 Å². The number of unbranched alkanes of at least 4 members (excludes halogenated alkanes) is 2. The van der Waals surface area contributed by atoms with Crippen molar-refractivity contribution in [3.63, 3.8) is 0 Å². The first-order valence-electron chi connectivity index (χ1n) is 18.8. The Balaban J connectivity index is 0.840. The van der Waals surface area contributed by atoms with Crippen molar-refractivity contribution in [3.8, 4) is 11.5 Å². The lowest BCUT2D eigenvalue weighted by atomic mass is 9.84. The molecule has 4 unspecified atom stereocenters. The van der Waals surface area contributed by atoms with E-state index in [2.05, 4.69) is 13.8 Å². The minimum Gasteiger partial charge on any atom is -0.494 e. The van der Waals surface area contributed by atoms with Crippen LogP contribution in [0.25, 0.3) is 0 Å². The first kappa shape index (κ1) is 38.5. The van der Waals surface area contributed by atoms with E-state index in [-0.39, 0.29) is 24.0 Å². The lowest BCUT2D eigenvalue weighted by molar-refractivity contribution is -0.150. The van der Waals surface area contributed by atoms with Gasteiger partial charge in [-0.15, -0.1) is 0 Å². The molecule has 0 aromatic heterocycles. The molecule has 4 aliphatic heterocycles. The smallest absolute Gasteiger partial charge is 0.338 e. The third-order valence-electron chi connectivity index (χ3n) is 10.5. The second-order valence-electron chi connectivity index (χ2n) is 14.4. The van der Waals surface area contributed by atoms with Gasteiger partial charge in [-0.25, -0.2) is 9.59 Å². The Morgan fingerprint density at radius 1 is 0.596 bits per heavy atom. The van der Waals surface area contributed by atoms with Crippen LogP contribution >= 0.6 is 0 Å². The average Bonchev–Trinajstić information content (AvgIpc) is 3.72. The van der Waals surface area contributed by atoms with Gasteiger partial charge in [-0.2, -0.15) is 0 Å². The lowest BCUT2D eigenvalue weighted by Gasteiger charge is -2.40. The number of carbonyl (C=O) groups excluding carboxylic acids is 2. The molecule has 0 aliphatic carbocycles. The van der Waals surface area contributed by atoms with Gasteiger partial charge in [-0.1, -0.05) is 13.8 Å². The van der Waals surface area contributed by atoms with Gasteiger partial charge in [0.15, 0.2) is 12.2 Å². The maximum Gasteiger partial charge on any atom is 0.338 e. The summed E-state index contributed by atoms with van der Waals surface area (Å²) in [5.41, 5.74) is 1.21. The van der Waals surface area contributed by atoms with E-state index in [4.69, 9.17) is 47.4 Å². The molecule has 0 bridgehead atoms. The quantitative estimate of drug-likeness (QED) is 0.113. The Bertz CT molecular complexity index is 1290. The van der Waals surface area contributed by atoms with Gasteiger partial charge in [0.05, 0.1) is 77.2 Å². The molecule has 0 spiro atoms. The van der Waals surface area contributed by atoms with Crippen LogP contribution in [0.3, 0.4) is 0 Å². The predicted molar refractivity (Wildman–Crippen MR) is 189 cm³/mol. The van der Waals surface area contributed by atoms with E-state index in [1.54, 1.807) is 48.5 Å². The molecule has 0 radical (unpaired) electrons. The van der Waals surface area contributed by atoms with Gasteiger partial charge < -0.3 is 47.4 Å². The van der Waals surface area contributed by atoms with Crippen molar-refractivity contribution in [2.75, 3.05) is 79.3 Å². The maximum absolute atomic E-state index is 12.9. The van der Waals surface area contributed by atoms with Crippen LogP contribution in [-0.4, -0.2) is 116 Å². The summed E-state index contributed by atoms with van der Waals surface area (Å²) in [5.74, 6) is 0.398. The maximum atomic E-state index is 12.9. The van der Waals surface area contributed by atoms with Gasteiger partial charge >= 0.3 is 11.9 Å². The molecule has 4 fully saturated rings. The van der Waals surface area contributed by atoms with Crippen LogP contribution < -0.4 is 9.47 Å². The zero-order valence-electron chi connectivity index (χ0n) is 30.6. The molecule has 52 heavy (non-hydrogen) atoms. The van der Waals surface area contributed by atoms with Crippen molar-refractivity contribution < 1.29 is 57.0 Å². The molecule has 2 aromatic rings. The number of rotatable bonds is 22. The summed E-state index contributed by atoms with van der Waals surface area (Å²) in [6, 6.07) is 13.8. The monoisotopic (exact) mass is 726 g/mol. The van der Waals surface area contributed by atoms with Gasteiger partial charge in [0.1, 0.15) is 23.7 Å². The molecule has 0 saturated carbocycles. The van der Waals surface area contributed by atoms with Crippen LogP contribution in [0, 0.1) is 10.8 Å². The summed E-state index contributed by atoms with van der Waals surface area (Å²) in [6.07, 6.45) is 3.44. The normalized spacial score (nSPS) is 24.0. The number of ether oxygens (including phenoxy) is 10. The Kier molecular flexibility index (Phi) is 13.8. The van der Waals surface area contributed by atoms with E-state index in [9.17, 15) is 9.59 Å². The second kappa shape index (κ2) is 18.7. The Labute approximate surface area is 306 Å². The molecule has 4 heterocycles. The highest BCUT2D eigenvalue weighted by atomic mass is 16.7. The molecule has 2 aromatic carbocycles. The van der Waals surface area contributed by atoms with Crippen molar-refractivity contribution in [2.24, 2.45) is 10.8 Å². The number of fused-ring (bicyclic) bond motifs is 1. The summed E-state index contributed by atoms with van der Waals surface area (Å²) in [4.78, 5) is 25.9. The van der Waals surface area contributed by atoms with E-state index < -0.39 is 36.4 Å². The largest absolute Gasteiger partial charge is 0.494 e. The first-order chi connectivity index (χ1) is 25.4. The first-order valence-corrected chi connectivity index (χ1v) is 18.8. The fraction of sp³-hybridized carbons (Fsp3) is 0.650. The summed E-state index contributed by atoms with van der Waals surface area (Å²) in [6.45, 7) is 11.9. The topological polar surface area (TPSA) is 126 Å². The van der Waals surface area contributed by atoms with E-state index >= 15 is 0 Å². The summed E-state index contributed by atoms with van der Waals surface area (Å²) < 4.78 is 57.3. The van der Waals surface area contributed by atoms with E-state index in [0.717, 1.165) is 78.2 Å². The van der Waals surface area contributed by atoms with Gasteiger partial charge in [0, 0.05) is 24.0 Å². The Morgan fingerprint density at radius 2 is 0.981 bits per heavy atom. The molecule has 4 atom stereocenters. The molecule has 0 N–H and O–H groups in total. The number of carbonyl (C=O) groups is 2. The highest BCUT2D eigenvalue weighted by Crippen LogP contribution is 2.33. The zero-order valence-corrected chi connectivity index (χ0v) is 30.6. The van der Waals surface area contributed by atoms with Gasteiger partial charge in [-0.3, -0.25) is 0 Å². The summed E-state index contributed by atoms with van der Waals surface area (Å²) >= 11 is 0. The highest BCUT2D eigenvalue weighted by molar-refractivity contribution is 5.90. The highest BCUT2D eigenvalue weighted by Gasteiger charge is 2.51. The molecule has 4 aliphatic rings. The number of hydrogen-bond donors (Lipinski definition) is 0. The second-order valence-corrected chi connectivity index (χ2v) is 14.4. The molecular weight excluding hydrogens is 672 g/mol. The molecule has 6 rings (SSSR count). The van der Waals surface area contributed by atoms with Crippen LogP contribution in [0.4, 0.5) is 0 Å². The molecule has 0 amide bonds. The number of hydrogen-bond acceptors (Lipinski definition) is 12. The fourth-order valence-corrected chi connectivity index (χ4v) is 6.55. The Morgan fingerprint density at radius 3 is 1.33 bits per heavy atom. The predicted octanol–water partition coefficient (Wildman–Crippen LogP) is 5.44. The summed E-state index contributed by atoms with van der Waals surface area (Å²) in [5, 5.41) is 0. The Hall–Kier alpha value is -3.26. The molecule has 286 valence electrons. The third-order valence-corrected chi connectivity index (χ3v) is 10.5. The standard InChI is InChI=1S/C40H54O12/c1-3-39(25-45-26-39)23-43-17-5-7-19-47-31-13-9-29(10-14-31)37(41)51-33-21-49-36-34(22-50-35(33)36)52-38(42)30-11-15-32(16-12-30)48-20-8-6-18-44-24-40(4-2)27-46-28-40/h9-16,33-36H,3-8,17-28H2,1-2H3. The van der Waals surface area contributed by atoms with Crippen molar-refractivity contribution >= 4 is 11.9 Å². The molecule has 12 heteroatoms. The van der Waals surface area contributed by atoms with E-state index in [1.165, 1.54) is 0 Å². The third kappa shape index (κ3) is 10.0. The SMILES string of the molecule is CCC1(COCCCCOc2ccc(C(=O)OC3COC4C(OC(=O)c5ccc(OCCCCOCC6(CC)COC6)cc5)COC34)cc2)COC1. The lowest BCUT2D eigenvalue weighted by Crippen LogP contribution is -2.45. The summed E-state index contributed by atoms with van der Waals surface area (Å²) in [7, 11) is 0. The molecule has 12 nitrogen and oxygen atoms in total. The van der Waals surface area contributed by atoms with Crippen LogP contribution in [0.1, 0.15) is 73.1 Å². The fourth-order valence-electron chi connectivity index (χ4n) is 6.55. The van der Waals surface area contributed by atoms with Crippen LogP contribution in [0.2, 0.25) is 0 Å². The van der Waals surface area contributed by atoms with Gasteiger partial charge in [-0.05, 0) is 87.1 Å². The molecular formula is C40H54O12. The van der Waals surface area contributed by atoms with Crippen molar-refractivity contribution in [2.45, 2.75) is 76.8 Å². The van der Waals surface area contributed by atoms with Gasteiger partial charge in [0.2, 0.25) is 0 Å². The number of esters is 2. The van der Waals surface area contributed by atoms with Gasteiger partial charge in [0.25, 0.3) is 0 Å².